The summed E-state index contributed by atoms with van der Waals surface area (Å²) < 4.78 is 29.7. The minimum absolute atomic E-state index is 0.0810. The third-order valence-corrected chi connectivity index (χ3v) is 5.73. The first-order valence-electron chi connectivity index (χ1n) is 10.6. The van der Waals surface area contributed by atoms with Gasteiger partial charge in [-0.25, -0.2) is 23.5 Å². The summed E-state index contributed by atoms with van der Waals surface area (Å²) in [6.45, 7) is 0.771. The number of nitrogens with two attached hydrogens (primary N) is 1. The molecule has 0 radical (unpaired) electrons. The maximum Gasteiger partial charge on any atom is 0.356 e. The third kappa shape index (κ3) is 9.86. The Hall–Kier alpha value is -3.42. The first kappa shape index (κ1) is 29.8. The number of hydrogen-bond acceptors (Lipinski definition) is 5. The molecule has 4 rings (SSSR count). The molecule has 0 saturated carbocycles. The predicted molar refractivity (Wildman–Crippen MR) is 141 cm³/mol. The number of imidazole rings is 2. The summed E-state index contributed by atoms with van der Waals surface area (Å²) in [5, 5.41) is 11.0. The molecule has 37 heavy (non-hydrogen) atoms. The highest BCUT2D eigenvalue weighted by molar-refractivity contribution is 9.10. The van der Waals surface area contributed by atoms with Crippen LogP contribution in [0.1, 0.15) is 32.1 Å². The molecule has 13 heteroatoms. The van der Waals surface area contributed by atoms with Crippen LogP contribution in [0.25, 0.3) is 0 Å². The van der Waals surface area contributed by atoms with Gasteiger partial charge in [-0.2, -0.15) is 0 Å². The van der Waals surface area contributed by atoms with E-state index in [4.69, 9.17) is 10.8 Å². The zero-order valence-corrected chi connectivity index (χ0v) is 23.0. The van der Waals surface area contributed by atoms with Gasteiger partial charge in [0.2, 0.25) is 0 Å². The number of carbonyl (C=O) groups excluding carboxylic acids is 1. The molecular formula is C24H24Br2F2N6O3. The van der Waals surface area contributed by atoms with Crippen molar-refractivity contribution in [2.75, 3.05) is 0 Å². The van der Waals surface area contributed by atoms with Gasteiger partial charge in [-0.3, -0.25) is 4.79 Å². The Kier molecular flexibility index (Phi) is 11.6. The molecule has 0 aliphatic rings. The molecule has 0 spiro atoms. The van der Waals surface area contributed by atoms with Crippen molar-refractivity contribution >= 4 is 43.7 Å². The number of aromatic nitrogens is 4. The lowest BCUT2D eigenvalue weighted by molar-refractivity contribution is 0.0690. The van der Waals surface area contributed by atoms with Crippen LogP contribution in [0.4, 0.5) is 8.78 Å². The molecule has 0 aliphatic heterocycles. The Bertz CT molecular complexity index is 1360. The molecule has 0 aliphatic carbocycles. The van der Waals surface area contributed by atoms with Gasteiger partial charge in [-0.1, -0.05) is 12.1 Å². The van der Waals surface area contributed by atoms with Gasteiger partial charge >= 0.3 is 5.97 Å². The fourth-order valence-electron chi connectivity index (χ4n) is 2.64. The van der Waals surface area contributed by atoms with Gasteiger partial charge in [0.15, 0.2) is 5.69 Å². The number of aryl methyl sites for hydroxylation is 2. The van der Waals surface area contributed by atoms with E-state index in [1.54, 1.807) is 60.0 Å². The van der Waals surface area contributed by atoms with Crippen LogP contribution in [0, 0.1) is 11.6 Å². The van der Waals surface area contributed by atoms with Crippen LogP contribution in [0.5, 0.6) is 0 Å². The fraction of sp³-hybridized carbons (Fsp3) is 0.167. The minimum Gasteiger partial charge on any atom is -0.476 e. The summed E-state index contributed by atoms with van der Waals surface area (Å²) in [7, 11) is 3.51. The van der Waals surface area contributed by atoms with E-state index in [2.05, 4.69) is 47.1 Å². The number of nitrogens with zero attached hydrogens (tertiary/aromatic N) is 4. The fourth-order valence-corrected chi connectivity index (χ4v) is 3.49. The van der Waals surface area contributed by atoms with Crippen LogP contribution in [-0.4, -0.2) is 36.1 Å². The van der Waals surface area contributed by atoms with E-state index in [0.717, 1.165) is 11.1 Å². The molecule has 0 saturated heterocycles. The zero-order chi connectivity index (χ0) is 27.5. The van der Waals surface area contributed by atoms with E-state index >= 15 is 0 Å². The Balaban J connectivity index is 0.000000214. The Labute approximate surface area is 228 Å². The van der Waals surface area contributed by atoms with E-state index in [1.807, 2.05) is 0 Å². The number of aromatic carboxylic acids is 1. The number of carboxylic acids is 1. The molecule has 1 amide bonds. The van der Waals surface area contributed by atoms with Crippen LogP contribution in [-0.2, 0) is 27.2 Å². The number of halogens is 4. The van der Waals surface area contributed by atoms with Crippen molar-refractivity contribution < 1.29 is 23.5 Å². The van der Waals surface area contributed by atoms with Crippen LogP contribution < -0.4 is 11.1 Å². The Morgan fingerprint density at radius 1 is 0.919 bits per heavy atom. The molecule has 4 N–H and O–H groups in total. The number of rotatable bonds is 5. The quantitative estimate of drug-likeness (QED) is 0.296. The number of carbonyl (C=O) groups is 2. The number of hydrogen-bond donors (Lipinski definition) is 3. The Morgan fingerprint density at radius 2 is 1.41 bits per heavy atom. The first-order chi connectivity index (χ1) is 17.5. The van der Waals surface area contributed by atoms with Crippen LogP contribution in [0.3, 0.4) is 0 Å². The van der Waals surface area contributed by atoms with Crippen molar-refractivity contribution in [3.05, 3.63) is 105 Å². The van der Waals surface area contributed by atoms with Gasteiger partial charge < -0.3 is 25.3 Å². The van der Waals surface area contributed by atoms with Crippen molar-refractivity contribution in [2.24, 2.45) is 19.8 Å². The summed E-state index contributed by atoms with van der Waals surface area (Å²) in [6.07, 6.45) is 6.09. The maximum absolute atomic E-state index is 13.0. The number of nitrogens with one attached hydrogen (secondary N) is 1. The zero-order valence-electron chi connectivity index (χ0n) is 19.8. The van der Waals surface area contributed by atoms with Gasteiger partial charge in [-0.05, 0) is 67.3 Å². The second-order valence-electron chi connectivity index (χ2n) is 7.54. The van der Waals surface area contributed by atoms with Gasteiger partial charge in [0, 0.05) is 39.6 Å². The molecule has 0 unspecified atom stereocenters. The SMILES string of the molecule is Cn1cnc(C(=O)NCc2ccc(F)c(Br)c2)c1.Cn1cnc(C(=O)O)c1.NCc1ccc(F)c(Br)c1. The van der Waals surface area contributed by atoms with E-state index in [0.29, 0.717) is 27.7 Å². The van der Waals surface area contributed by atoms with E-state index in [-0.39, 0.29) is 23.2 Å². The molecule has 0 bridgehead atoms. The standard InChI is InChI=1S/C12H11BrFN3O.C7H7BrFN.C5H6N2O2/c1-17-6-11(16-7-17)12(18)15-5-8-2-3-10(14)9(13)4-8;8-6-3-5(4-10)1-2-7(6)9;1-7-2-4(5(8)9)6-3-7/h2-4,6-7H,5H2,1H3,(H,15,18);1-3H,4,10H2;2-3H,1H3,(H,8,9). The molecule has 2 aromatic heterocycles. The van der Waals surface area contributed by atoms with Gasteiger partial charge in [0.05, 0.1) is 21.6 Å². The molecule has 4 aromatic rings. The highest BCUT2D eigenvalue weighted by Crippen LogP contribution is 2.17. The normalized spacial score (nSPS) is 10.0. The van der Waals surface area contributed by atoms with Crippen molar-refractivity contribution in [1.82, 2.24) is 24.4 Å². The first-order valence-corrected chi connectivity index (χ1v) is 12.1. The highest BCUT2D eigenvalue weighted by Gasteiger charge is 2.08. The van der Waals surface area contributed by atoms with Crippen molar-refractivity contribution in [2.45, 2.75) is 13.1 Å². The summed E-state index contributed by atoms with van der Waals surface area (Å²) >= 11 is 6.15. The molecule has 0 fully saturated rings. The maximum atomic E-state index is 13.0. The lowest BCUT2D eigenvalue weighted by Gasteiger charge is -2.04. The molecular weight excluding hydrogens is 618 g/mol. The molecule has 2 heterocycles. The number of carboxylic acid groups (broad SMARTS) is 1. The van der Waals surface area contributed by atoms with Crippen molar-refractivity contribution in [1.29, 1.82) is 0 Å². The third-order valence-electron chi connectivity index (χ3n) is 4.52. The van der Waals surface area contributed by atoms with E-state index in [1.165, 1.54) is 24.7 Å². The molecule has 2 aromatic carbocycles. The topological polar surface area (TPSA) is 128 Å². The largest absolute Gasteiger partial charge is 0.476 e. The summed E-state index contributed by atoms with van der Waals surface area (Å²) in [6, 6.07) is 9.35. The second-order valence-corrected chi connectivity index (χ2v) is 9.25. The smallest absolute Gasteiger partial charge is 0.356 e. The molecule has 9 nitrogen and oxygen atoms in total. The summed E-state index contributed by atoms with van der Waals surface area (Å²) in [5.41, 5.74) is 7.50. The van der Waals surface area contributed by atoms with Gasteiger partial charge in [0.1, 0.15) is 17.3 Å². The molecule has 0 atom stereocenters. The monoisotopic (exact) mass is 640 g/mol. The number of benzene rings is 2. The number of amides is 1. The minimum atomic E-state index is -0.990. The van der Waals surface area contributed by atoms with E-state index in [9.17, 15) is 18.4 Å². The predicted octanol–water partition coefficient (Wildman–Crippen LogP) is 4.42. The molecule has 196 valence electrons. The van der Waals surface area contributed by atoms with E-state index < -0.39 is 5.97 Å². The average molecular weight is 642 g/mol. The van der Waals surface area contributed by atoms with Crippen LogP contribution in [0.15, 0.2) is 70.4 Å². The average Bonchev–Trinajstić information content (AvgIpc) is 3.50. The Morgan fingerprint density at radius 3 is 1.81 bits per heavy atom. The lowest BCUT2D eigenvalue weighted by atomic mass is 10.2. The van der Waals surface area contributed by atoms with Gasteiger partial charge in [0.25, 0.3) is 5.91 Å². The summed E-state index contributed by atoms with van der Waals surface area (Å²) in [5.74, 6) is -1.82. The van der Waals surface area contributed by atoms with Gasteiger partial charge in [-0.15, -0.1) is 0 Å². The van der Waals surface area contributed by atoms with Crippen LogP contribution in [0.2, 0.25) is 0 Å². The second kappa shape index (κ2) is 14.4. The lowest BCUT2D eigenvalue weighted by Crippen LogP contribution is -2.23. The summed E-state index contributed by atoms with van der Waals surface area (Å²) in [4.78, 5) is 29.4. The van der Waals surface area contributed by atoms with Crippen molar-refractivity contribution in [3.8, 4) is 0 Å². The van der Waals surface area contributed by atoms with Crippen LogP contribution >= 0.6 is 31.9 Å². The highest BCUT2D eigenvalue weighted by atomic mass is 79.9. The van der Waals surface area contributed by atoms with Crippen molar-refractivity contribution in [3.63, 3.8) is 0 Å².